The first-order chi connectivity index (χ1) is 14.6. The van der Waals surface area contributed by atoms with E-state index in [-0.39, 0.29) is 17.0 Å². The van der Waals surface area contributed by atoms with Crippen molar-refractivity contribution < 1.29 is 18.0 Å². The molecule has 31 heavy (non-hydrogen) atoms. The fourth-order valence-electron chi connectivity index (χ4n) is 3.44. The van der Waals surface area contributed by atoms with Crippen LogP contribution in [0, 0.1) is 20.8 Å². The Balaban J connectivity index is 1.86. The van der Waals surface area contributed by atoms with E-state index in [0.717, 1.165) is 11.8 Å². The third kappa shape index (κ3) is 3.86. The molecule has 0 unspecified atom stereocenters. The summed E-state index contributed by atoms with van der Waals surface area (Å²) in [5, 5.41) is 7.14. The summed E-state index contributed by atoms with van der Waals surface area (Å²) in [6.45, 7) is 5.17. The van der Waals surface area contributed by atoms with Crippen LogP contribution in [0.2, 0.25) is 0 Å². The predicted octanol–water partition coefficient (Wildman–Crippen LogP) is 4.99. The number of benzene rings is 1. The van der Waals surface area contributed by atoms with E-state index in [2.05, 4.69) is 20.4 Å². The molecule has 0 aliphatic rings. The fourth-order valence-corrected chi connectivity index (χ4v) is 3.44. The quantitative estimate of drug-likeness (QED) is 0.502. The highest BCUT2D eigenvalue weighted by molar-refractivity contribution is 6.04. The van der Waals surface area contributed by atoms with Gasteiger partial charge in [-0.3, -0.25) is 9.78 Å². The Kier molecular flexibility index (Phi) is 4.96. The zero-order valence-electron chi connectivity index (χ0n) is 16.9. The number of nitrogens with one attached hydrogen (secondary N) is 1. The van der Waals surface area contributed by atoms with E-state index in [0.29, 0.717) is 22.6 Å². The second-order valence-corrected chi connectivity index (χ2v) is 7.18. The number of carbonyl (C=O) groups excluding carboxylic acids is 1. The topological polar surface area (TPSA) is 72.2 Å². The van der Waals surface area contributed by atoms with Gasteiger partial charge in [0, 0.05) is 23.1 Å². The van der Waals surface area contributed by atoms with E-state index < -0.39 is 17.6 Å². The number of halogens is 3. The lowest BCUT2D eigenvalue weighted by Crippen LogP contribution is -2.17. The number of alkyl halides is 3. The number of anilines is 1. The Bertz CT molecular complexity index is 1310. The van der Waals surface area contributed by atoms with Crippen molar-refractivity contribution in [3.63, 3.8) is 0 Å². The van der Waals surface area contributed by atoms with E-state index in [1.807, 2.05) is 0 Å². The number of hydrogen-bond donors (Lipinski definition) is 1. The molecule has 158 valence electrons. The first kappa shape index (κ1) is 20.5. The van der Waals surface area contributed by atoms with Gasteiger partial charge in [-0.2, -0.15) is 18.3 Å². The van der Waals surface area contributed by atoms with Gasteiger partial charge < -0.3 is 5.32 Å². The van der Waals surface area contributed by atoms with Gasteiger partial charge >= 0.3 is 6.18 Å². The largest absolute Gasteiger partial charge is 0.417 e. The highest BCUT2D eigenvalue weighted by Crippen LogP contribution is 2.36. The summed E-state index contributed by atoms with van der Waals surface area (Å²) in [6.07, 6.45) is -2.97. The molecule has 0 aliphatic heterocycles. The Morgan fingerprint density at radius 3 is 2.52 bits per heavy atom. The molecule has 4 aromatic rings. The number of fused-ring (bicyclic) bond motifs is 1. The van der Waals surface area contributed by atoms with Crippen molar-refractivity contribution in [1.82, 2.24) is 19.6 Å². The maximum absolute atomic E-state index is 13.5. The minimum atomic E-state index is -4.54. The van der Waals surface area contributed by atoms with Gasteiger partial charge in [-0.05, 0) is 50.6 Å². The minimum Gasteiger partial charge on any atom is -0.320 e. The molecule has 0 bridgehead atoms. The van der Waals surface area contributed by atoms with Crippen molar-refractivity contribution in [3.05, 3.63) is 76.9 Å². The molecule has 0 saturated heterocycles. The zero-order valence-corrected chi connectivity index (χ0v) is 16.9. The van der Waals surface area contributed by atoms with E-state index in [4.69, 9.17) is 0 Å². The molecule has 9 heteroatoms. The molecule has 3 aromatic heterocycles. The van der Waals surface area contributed by atoms with Crippen molar-refractivity contribution in [2.45, 2.75) is 26.9 Å². The zero-order chi connectivity index (χ0) is 22.3. The van der Waals surface area contributed by atoms with Gasteiger partial charge in [0.15, 0.2) is 11.3 Å². The summed E-state index contributed by atoms with van der Waals surface area (Å²) in [5.41, 5.74) is 2.09. The standard InChI is InChI=1S/C22H18F3N5O/c1-12-10-18(16-6-4-5-7-17(16)22(23,24)25)29-30-19(14(3)27-20(12)30)21(31)28-15-8-9-26-13(2)11-15/h4-11H,1-3H3,(H,26,28,31). The van der Waals surface area contributed by atoms with Gasteiger partial charge in [0.05, 0.1) is 17.0 Å². The molecule has 0 atom stereocenters. The molecule has 0 radical (unpaired) electrons. The lowest BCUT2D eigenvalue weighted by molar-refractivity contribution is -0.137. The molecule has 0 saturated carbocycles. The summed E-state index contributed by atoms with van der Waals surface area (Å²) >= 11 is 0. The maximum Gasteiger partial charge on any atom is 0.417 e. The van der Waals surface area contributed by atoms with Crippen molar-refractivity contribution >= 4 is 17.2 Å². The van der Waals surface area contributed by atoms with Crippen LogP contribution in [0.4, 0.5) is 18.9 Å². The Labute approximate surface area is 175 Å². The van der Waals surface area contributed by atoms with E-state index >= 15 is 0 Å². The molecule has 6 nitrogen and oxygen atoms in total. The Morgan fingerprint density at radius 2 is 1.81 bits per heavy atom. The van der Waals surface area contributed by atoms with Gasteiger partial charge in [0.25, 0.3) is 5.91 Å². The second kappa shape index (κ2) is 7.50. The van der Waals surface area contributed by atoms with Crippen LogP contribution in [-0.4, -0.2) is 25.5 Å². The number of aromatic nitrogens is 4. The molecule has 0 spiro atoms. The van der Waals surface area contributed by atoms with Crippen LogP contribution < -0.4 is 5.32 Å². The number of imidazole rings is 1. The molecule has 0 fully saturated rings. The summed E-state index contributed by atoms with van der Waals surface area (Å²) in [5.74, 6) is -0.469. The van der Waals surface area contributed by atoms with Gasteiger partial charge in [-0.15, -0.1) is 0 Å². The minimum absolute atomic E-state index is 0.0672. The van der Waals surface area contributed by atoms with Crippen molar-refractivity contribution in [3.8, 4) is 11.3 Å². The fraction of sp³-hybridized carbons (Fsp3) is 0.182. The Hall–Kier alpha value is -3.75. The number of aryl methyl sites for hydroxylation is 3. The first-order valence-corrected chi connectivity index (χ1v) is 9.42. The van der Waals surface area contributed by atoms with Crippen LogP contribution in [0.25, 0.3) is 16.9 Å². The van der Waals surface area contributed by atoms with Crippen LogP contribution in [-0.2, 0) is 6.18 Å². The average molecular weight is 425 g/mol. The van der Waals surface area contributed by atoms with Crippen LogP contribution >= 0.6 is 0 Å². The van der Waals surface area contributed by atoms with E-state index in [1.54, 1.807) is 45.2 Å². The molecule has 4 rings (SSSR count). The van der Waals surface area contributed by atoms with Crippen LogP contribution in [0.15, 0.2) is 48.7 Å². The number of amides is 1. The SMILES string of the molecule is Cc1cc(NC(=O)c2c(C)nc3c(C)cc(-c4ccccc4C(F)(F)F)nn23)ccn1. The lowest BCUT2D eigenvalue weighted by atomic mass is 10.0. The second-order valence-electron chi connectivity index (χ2n) is 7.18. The van der Waals surface area contributed by atoms with Crippen LogP contribution in [0.5, 0.6) is 0 Å². The first-order valence-electron chi connectivity index (χ1n) is 9.42. The number of carbonyl (C=O) groups is 1. The van der Waals surface area contributed by atoms with E-state index in [1.165, 1.54) is 22.7 Å². The molecule has 3 heterocycles. The third-order valence-electron chi connectivity index (χ3n) is 4.82. The molecule has 1 N–H and O–H groups in total. The van der Waals surface area contributed by atoms with Crippen LogP contribution in [0.1, 0.15) is 33.0 Å². The van der Waals surface area contributed by atoms with Crippen LogP contribution in [0.3, 0.4) is 0 Å². The Morgan fingerprint density at radius 1 is 1.06 bits per heavy atom. The summed E-state index contributed by atoms with van der Waals surface area (Å²) in [4.78, 5) is 21.5. The van der Waals surface area contributed by atoms with Gasteiger partial charge in [-0.1, -0.05) is 18.2 Å². The summed E-state index contributed by atoms with van der Waals surface area (Å²) in [6, 6.07) is 10.1. The highest BCUT2D eigenvalue weighted by Gasteiger charge is 2.34. The third-order valence-corrected chi connectivity index (χ3v) is 4.82. The van der Waals surface area contributed by atoms with Gasteiger partial charge in [0.1, 0.15) is 0 Å². The number of pyridine rings is 1. The normalized spacial score (nSPS) is 11.7. The maximum atomic E-state index is 13.5. The summed E-state index contributed by atoms with van der Waals surface area (Å²) < 4.78 is 41.9. The molecule has 1 aromatic carbocycles. The van der Waals surface area contributed by atoms with Crippen molar-refractivity contribution in [2.24, 2.45) is 0 Å². The molecular formula is C22H18F3N5O. The smallest absolute Gasteiger partial charge is 0.320 e. The number of rotatable bonds is 3. The molecule has 0 aliphatic carbocycles. The number of nitrogens with zero attached hydrogens (tertiary/aromatic N) is 4. The summed E-state index contributed by atoms with van der Waals surface area (Å²) in [7, 11) is 0. The predicted molar refractivity (Wildman–Crippen MR) is 110 cm³/mol. The highest BCUT2D eigenvalue weighted by atomic mass is 19.4. The van der Waals surface area contributed by atoms with E-state index in [9.17, 15) is 18.0 Å². The molecular weight excluding hydrogens is 407 g/mol. The van der Waals surface area contributed by atoms with Gasteiger partial charge in [0.2, 0.25) is 0 Å². The molecule has 1 amide bonds. The van der Waals surface area contributed by atoms with Gasteiger partial charge in [-0.25, -0.2) is 9.50 Å². The average Bonchev–Trinajstić information content (AvgIpc) is 3.04. The van der Waals surface area contributed by atoms with Crippen molar-refractivity contribution in [1.29, 1.82) is 0 Å². The number of hydrogen-bond acceptors (Lipinski definition) is 4. The lowest BCUT2D eigenvalue weighted by Gasteiger charge is -2.13. The monoisotopic (exact) mass is 425 g/mol. The van der Waals surface area contributed by atoms with Crippen molar-refractivity contribution in [2.75, 3.05) is 5.32 Å².